The van der Waals surface area contributed by atoms with Crippen molar-refractivity contribution >= 4 is 11.7 Å². The maximum Gasteiger partial charge on any atom is 0.387 e. The van der Waals surface area contributed by atoms with Crippen LogP contribution in [0.5, 0.6) is 5.75 Å². The minimum Gasteiger partial charge on any atom is -0.435 e. The number of halogens is 2. The van der Waals surface area contributed by atoms with Gasteiger partial charge in [-0.15, -0.1) is 0 Å². The first-order valence-electron chi connectivity index (χ1n) is 4.64. The Balaban J connectivity index is 2.83. The van der Waals surface area contributed by atoms with Gasteiger partial charge in [0.15, 0.2) is 0 Å². The number of hydrogen-bond acceptors (Lipinski definition) is 3. The SMILES string of the molecule is C/C(=N\NC(N)=O)c1cccc(OC(F)F)c1. The van der Waals surface area contributed by atoms with Gasteiger partial charge in [0, 0.05) is 5.56 Å². The highest BCUT2D eigenvalue weighted by molar-refractivity contribution is 5.99. The number of alkyl halides is 2. The van der Waals surface area contributed by atoms with E-state index in [9.17, 15) is 13.6 Å². The highest BCUT2D eigenvalue weighted by Gasteiger charge is 2.05. The molecule has 0 radical (unpaired) electrons. The second kappa shape index (κ2) is 5.78. The Labute approximate surface area is 96.3 Å². The normalized spacial score (nSPS) is 11.4. The average molecular weight is 243 g/mol. The van der Waals surface area contributed by atoms with Gasteiger partial charge in [0.2, 0.25) is 0 Å². The summed E-state index contributed by atoms with van der Waals surface area (Å²) in [5, 5.41) is 3.66. The zero-order chi connectivity index (χ0) is 12.8. The van der Waals surface area contributed by atoms with Gasteiger partial charge in [-0.25, -0.2) is 10.2 Å². The molecule has 0 unspecified atom stereocenters. The topological polar surface area (TPSA) is 76.7 Å². The van der Waals surface area contributed by atoms with Crippen molar-refractivity contribution in [1.29, 1.82) is 0 Å². The van der Waals surface area contributed by atoms with Crippen LogP contribution >= 0.6 is 0 Å². The highest BCUT2D eigenvalue weighted by atomic mass is 19.3. The summed E-state index contributed by atoms with van der Waals surface area (Å²) >= 11 is 0. The number of nitrogens with zero attached hydrogens (tertiary/aromatic N) is 1. The number of amides is 2. The van der Waals surface area contributed by atoms with E-state index in [0.29, 0.717) is 11.3 Å². The zero-order valence-corrected chi connectivity index (χ0v) is 8.98. The van der Waals surface area contributed by atoms with Gasteiger partial charge >= 0.3 is 12.6 Å². The number of ether oxygens (including phenoxy) is 1. The number of benzene rings is 1. The summed E-state index contributed by atoms with van der Waals surface area (Å²) in [7, 11) is 0. The lowest BCUT2D eigenvalue weighted by Crippen LogP contribution is -2.25. The molecule has 0 aliphatic rings. The summed E-state index contributed by atoms with van der Waals surface area (Å²) in [6.07, 6.45) is 0. The van der Waals surface area contributed by atoms with E-state index in [-0.39, 0.29) is 5.75 Å². The molecule has 7 heteroatoms. The molecule has 1 aromatic carbocycles. The largest absolute Gasteiger partial charge is 0.435 e. The molecule has 3 N–H and O–H groups in total. The quantitative estimate of drug-likeness (QED) is 0.623. The van der Waals surface area contributed by atoms with Crippen LogP contribution in [0.4, 0.5) is 13.6 Å². The van der Waals surface area contributed by atoms with Gasteiger partial charge in [0.1, 0.15) is 5.75 Å². The number of rotatable bonds is 4. The van der Waals surface area contributed by atoms with Gasteiger partial charge in [-0.05, 0) is 19.1 Å². The standard InChI is InChI=1S/C10H11F2N3O2/c1-6(14-15-10(13)16)7-3-2-4-8(5-7)17-9(11)12/h2-5,9H,1H3,(H3,13,15,16)/b14-6+. The van der Waals surface area contributed by atoms with Crippen molar-refractivity contribution in [3.63, 3.8) is 0 Å². The Hall–Kier alpha value is -2.18. The summed E-state index contributed by atoms with van der Waals surface area (Å²) in [4.78, 5) is 10.4. The smallest absolute Gasteiger partial charge is 0.387 e. The van der Waals surface area contributed by atoms with Crippen LogP contribution in [0.3, 0.4) is 0 Å². The van der Waals surface area contributed by atoms with Crippen LogP contribution in [0.1, 0.15) is 12.5 Å². The van der Waals surface area contributed by atoms with Crippen LogP contribution in [0.2, 0.25) is 0 Å². The van der Waals surface area contributed by atoms with E-state index in [4.69, 9.17) is 5.73 Å². The van der Waals surface area contributed by atoms with Crippen LogP contribution in [-0.2, 0) is 0 Å². The van der Waals surface area contributed by atoms with Crippen molar-refractivity contribution in [1.82, 2.24) is 5.43 Å². The third kappa shape index (κ3) is 4.45. The van der Waals surface area contributed by atoms with E-state index in [1.807, 2.05) is 5.43 Å². The average Bonchev–Trinajstić information content (AvgIpc) is 2.25. The predicted octanol–water partition coefficient (Wildman–Crippen LogP) is 1.68. The fourth-order valence-corrected chi connectivity index (χ4v) is 1.10. The molecular weight excluding hydrogens is 232 g/mol. The molecule has 92 valence electrons. The van der Waals surface area contributed by atoms with E-state index in [1.165, 1.54) is 18.2 Å². The van der Waals surface area contributed by atoms with Gasteiger partial charge in [0.05, 0.1) is 5.71 Å². The Kier molecular flexibility index (Phi) is 4.38. The van der Waals surface area contributed by atoms with Crippen LogP contribution < -0.4 is 15.9 Å². The number of nitrogens with one attached hydrogen (secondary N) is 1. The molecular formula is C10H11F2N3O2. The van der Waals surface area contributed by atoms with Crippen LogP contribution in [-0.4, -0.2) is 18.4 Å². The van der Waals surface area contributed by atoms with Crippen molar-refractivity contribution in [2.24, 2.45) is 10.8 Å². The molecule has 5 nitrogen and oxygen atoms in total. The van der Waals surface area contributed by atoms with Crippen LogP contribution in [0.15, 0.2) is 29.4 Å². The molecule has 0 atom stereocenters. The molecule has 0 saturated carbocycles. The molecule has 0 saturated heterocycles. The summed E-state index contributed by atoms with van der Waals surface area (Å²) in [5.41, 5.74) is 7.83. The number of urea groups is 1. The number of nitrogens with two attached hydrogens (primary N) is 1. The van der Waals surface area contributed by atoms with E-state index in [0.717, 1.165) is 0 Å². The van der Waals surface area contributed by atoms with Crippen molar-refractivity contribution in [3.05, 3.63) is 29.8 Å². The van der Waals surface area contributed by atoms with E-state index >= 15 is 0 Å². The monoisotopic (exact) mass is 243 g/mol. The minimum absolute atomic E-state index is 0.0196. The highest BCUT2D eigenvalue weighted by Crippen LogP contribution is 2.16. The van der Waals surface area contributed by atoms with Crippen LogP contribution in [0.25, 0.3) is 0 Å². The van der Waals surface area contributed by atoms with Gasteiger partial charge in [-0.1, -0.05) is 12.1 Å². The van der Waals surface area contributed by atoms with E-state index in [2.05, 4.69) is 9.84 Å². The molecule has 17 heavy (non-hydrogen) atoms. The maximum absolute atomic E-state index is 12.0. The summed E-state index contributed by atoms with van der Waals surface area (Å²) < 4.78 is 28.2. The number of hydrogen-bond donors (Lipinski definition) is 2. The number of carbonyl (C=O) groups is 1. The van der Waals surface area contributed by atoms with Crippen molar-refractivity contribution in [3.8, 4) is 5.75 Å². The molecule has 0 aromatic heterocycles. The first-order chi connectivity index (χ1) is 7.99. The second-order valence-corrected chi connectivity index (χ2v) is 3.08. The lowest BCUT2D eigenvalue weighted by molar-refractivity contribution is -0.0498. The molecule has 0 spiro atoms. The third-order valence-corrected chi connectivity index (χ3v) is 1.81. The molecule has 1 aromatic rings. The van der Waals surface area contributed by atoms with E-state index in [1.54, 1.807) is 13.0 Å². The number of carbonyl (C=O) groups excluding carboxylic acids is 1. The third-order valence-electron chi connectivity index (χ3n) is 1.81. The molecule has 0 aliphatic heterocycles. The molecule has 1 rings (SSSR count). The van der Waals surface area contributed by atoms with Crippen molar-refractivity contribution < 1.29 is 18.3 Å². The fraction of sp³-hybridized carbons (Fsp3) is 0.200. The lowest BCUT2D eigenvalue weighted by Gasteiger charge is -2.06. The Bertz CT molecular complexity index is 435. The molecule has 2 amide bonds. The number of hydrazone groups is 1. The Morgan fingerprint density at radius 2 is 2.24 bits per heavy atom. The Morgan fingerprint density at radius 3 is 2.82 bits per heavy atom. The van der Waals surface area contributed by atoms with E-state index < -0.39 is 12.6 Å². The molecule has 0 fully saturated rings. The summed E-state index contributed by atoms with van der Waals surface area (Å²) in [5.74, 6) is 0.0196. The number of primary amides is 1. The predicted molar refractivity (Wildman–Crippen MR) is 58.0 cm³/mol. The van der Waals surface area contributed by atoms with Crippen molar-refractivity contribution in [2.75, 3.05) is 0 Å². The van der Waals surface area contributed by atoms with Crippen molar-refractivity contribution in [2.45, 2.75) is 13.5 Å². The Morgan fingerprint density at radius 1 is 1.53 bits per heavy atom. The maximum atomic E-state index is 12.0. The first-order valence-corrected chi connectivity index (χ1v) is 4.64. The summed E-state index contributed by atoms with van der Waals surface area (Å²) in [6, 6.07) is 5.15. The summed E-state index contributed by atoms with van der Waals surface area (Å²) in [6.45, 7) is -1.29. The zero-order valence-electron chi connectivity index (χ0n) is 8.98. The molecule has 0 heterocycles. The lowest BCUT2D eigenvalue weighted by atomic mass is 10.1. The van der Waals surface area contributed by atoms with Crippen LogP contribution in [0, 0.1) is 0 Å². The van der Waals surface area contributed by atoms with Gasteiger partial charge in [-0.3, -0.25) is 0 Å². The molecule has 0 bridgehead atoms. The first kappa shape index (κ1) is 12.9. The minimum atomic E-state index is -2.88. The fourth-order valence-electron chi connectivity index (χ4n) is 1.10. The van der Waals surface area contributed by atoms with Gasteiger partial charge < -0.3 is 10.5 Å². The van der Waals surface area contributed by atoms with Gasteiger partial charge in [-0.2, -0.15) is 13.9 Å². The molecule has 0 aliphatic carbocycles. The second-order valence-electron chi connectivity index (χ2n) is 3.08. The van der Waals surface area contributed by atoms with Gasteiger partial charge in [0.25, 0.3) is 0 Å².